The fourth-order valence-corrected chi connectivity index (χ4v) is 3.59. The normalized spacial score (nSPS) is 11.2. The van der Waals surface area contributed by atoms with Crippen molar-refractivity contribution in [3.63, 3.8) is 0 Å². The van der Waals surface area contributed by atoms with Crippen LogP contribution in [0.25, 0.3) is 22.3 Å². The molecular formula is C23H26N6O. The van der Waals surface area contributed by atoms with Crippen molar-refractivity contribution in [1.82, 2.24) is 24.5 Å². The summed E-state index contributed by atoms with van der Waals surface area (Å²) in [5.41, 5.74) is 4.95. The molecule has 0 unspecified atom stereocenters. The highest BCUT2D eigenvalue weighted by atomic mass is 16.1. The number of carbonyl (C=O) groups excluding carboxylic acids is 1. The predicted molar refractivity (Wildman–Crippen MR) is 119 cm³/mol. The van der Waals surface area contributed by atoms with Crippen LogP contribution in [0.1, 0.15) is 41.9 Å². The number of benzene rings is 1. The minimum absolute atomic E-state index is 0.212. The van der Waals surface area contributed by atoms with Crippen molar-refractivity contribution in [1.29, 1.82) is 0 Å². The maximum Gasteiger partial charge on any atom is 0.257 e. The summed E-state index contributed by atoms with van der Waals surface area (Å²) >= 11 is 0. The fraction of sp³-hybridized carbons (Fsp3) is 0.304. The van der Waals surface area contributed by atoms with Crippen molar-refractivity contribution < 1.29 is 4.79 Å². The highest BCUT2D eigenvalue weighted by molar-refractivity contribution is 6.13. The molecule has 0 spiro atoms. The average Bonchev–Trinajstić information content (AvgIpc) is 3.32. The number of nitrogens with zero attached hydrogens (tertiary/aromatic N) is 5. The lowest BCUT2D eigenvalue weighted by atomic mass is 10.0. The van der Waals surface area contributed by atoms with Gasteiger partial charge in [-0.25, -0.2) is 9.67 Å². The van der Waals surface area contributed by atoms with Gasteiger partial charge in [-0.1, -0.05) is 36.8 Å². The van der Waals surface area contributed by atoms with Gasteiger partial charge in [-0.15, -0.1) is 0 Å². The standard InChI is InChI=1S/C23H26N6O/c1-5-12-28-13-11-20(27-28)25-23(30)18-14-19(17-9-7-15(3)8-10-17)24-22-21(18)16(4)26-29(22)6-2/h7-11,13-14H,5-6,12H2,1-4H3,(H,25,27,30). The van der Waals surface area contributed by atoms with Gasteiger partial charge in [0.2, 0.25) is 0 Å². The van der Waals surface area contributed by atoms with Gasteiger partial charge in [-0.3, -0.25) is 9.48 Å². The van der Waals surface area contributed by atoms with Crippen molar-refractivity contribution in [2.45, 2.75) is 47.2 Å². The van der Waals surface area contributed by atoms with E-state index < -0.39 is 0 Å². The van der Waals surface area contributed by atoms with Crippen LogP contribution in [0.5, 0.6) is 0 Å². The molecule has 3 heterocycles. The molecular weight excluding hydrogens is 376 g/mol. The lowest BCUT2D eigenvalue weighted by Gasteiger charge is -2.09. The molecule has 3 aromatic heterocycles. The van der Waals surface area contributed by atoms with Gasteiger partial charge in [-0.2, -0.15) is 10.2 Å². The van der Waals surface area contributed by atoms with E-state index in [1.807, 2.05) is 72.7 Å². The highest BCUT2D eigenvalue weighted by Gasteiger charge is 2.20. The van der Waals surface area contributed by atoms with Crippen LogP contribution in [-0.2, 0) is 13.1 Å². The molecule has 30 heavy (non-hydrogen) atoms. The molecule has 0 aliphatic rings. The third-order valence-corrected chi connectivity index (χ3v) is 5.10. The van der Waals surface area contributed by atoms with Gasteiger partial charge in [0.25, 0.3) is 5.91 Å². The largest absolute Gasteiger partial charge is 0.305 e. The zero-order valence-corrected chi connectivity index (χ0v) is 17.8. The minimum Gasteiger partial charge on any atom is -0.305 e. The summed E-state index contributed by atoms with van der Waals surface area (Å²) in [5, 5.41) is 12.7. The summed E-state index contributed by atoms with van der Waals surface area (Å²) in [6.07, 6.45) is 2.86. The van der Waals surface area contributed by atoms with Crippen LogP contribution >= 0.6 is 0 Å². The van der Waals surface area contributed by atoms with Gasteiger partial charge in [0, 0.05) is 30.9 Å². The topological polar surface area (TPSA) is 77.6 Å². The number of nitrogens with one attached hydrogen (secondary N) is 1. The Balaban J connectivity index is 1.80. The van der Waals surface area contributed by atoms with E-state index in [4.69, 9.17) is 4.98 Å². The van der Waals surface area contributed by atoms with Gasteiger partial charge < -0.3 is 5.32 Å². The van der Waals surface area contributed by atoms with Crippen molar-refractivity contribution >= 4 is 22.8 Å². The van der Waals surface area contributed by atoms with Crippen LogP contribution in [0, 0.1) is 13.8 Å². The number of hydrogen-bond acceptors (Lipinski definition) is 4. The molecule has 0 saturated carbocycles. The molecule has 1 amide bonds. The Labute approximate surface area is 175 Å². The summed E-state index contributed by atoms with van der Waals surface area (Å²) in [5.74, 6) is 0.326. The number of aromatic nitrogens is 5. The number of amides is 1. The van der Waals surface area contributed by atoms with Crippen LogP contribution in [0.2, 0.25) is 0 Å². The van der Waals surface area contributed by atoms with E-state index in [1.165, 1.54) is 5.56 Å². The van der Waals surface area contributed by atoms with Crippen LogP contribution in [0.4, 0.5) is 5.82 Å². The number of carbonyl (C=O) groups is 1. The van der Waals surface area contributed by atoms with E-state index in [0.29, 0.717) is 17.9 Å². The van der Waals surface area contributed by atoms with E-state index in [2.05, 4.69) is 22.4 Å². The monoisotopic (exact) mass is 402 g/mol. The first-order valence-electron chi connectivity index (χ1n) is 10.3. The molecule has 154 valence electrons. The molecule has 0 atom stereocenters. The number of pyridine rings is 1. The number of fused-ring (bicyclic) bond motifs is 1. The number of hydrogen-bond donors (Lipinski definition) is 1. The first-order valence-corrected chi connectivity index (χ1v) is 10.3. The Morgan fingerprint density at radius 2 is 1.83 bits per heavy atom. The van der Waals surface area contributed by atoms with Gasteiger partial charge in [-0.05, 0) is 33.3 Å². The number of aryl methyl sites for hydroxylation is 4. The Hall–Kier alpha value is -3.48. The molecule has 7 nitrogen and oxygen atoms in total. The van der Waals surface area contributed by atoms with E-state index >= 15 is 0 Å². The van der Waals surface area contributed by atoms with E-state index in [-0.39, 0.29) is 5.91 Å². The summed E-state index contributed by atoms with van der Waals surface area (Å²) in [4.78, 5) is 18.1. The highest BCUT2D eigenvalue weighted by Crippen LogP contribution is 2.28. The van der Waals surface area contributed by atoms with E-state index in [1.54, 1.807) is 0 Å². The van der Waals surface area contributed by atoms with E-state index in [0.717, 1.165) is 41.0 Å². The minimum atomic E-state index is -0.212. The smallest absolute Gasteiger partial charge is 0.257 e. The second kappa shape index (κ2) is 8.10. The molecule has 0 saturated heterocycles. The van der Waals surface area contributed by atoms with Gasteiger partial charge in [0.15, 0.2) is 11.5 Å². The number of anilines is 1. The van der Waals surface area contributed by atoms with Crippen LogP contribution < -0.4 is 5.32 Å². The molecule has 0 fully saturated rings. The molecule has 0 bridgehead atoms. The molecule has 4 aromatic rings. The Morgan fingerprint density at radius 3 is 2.53 bits per heavy atom. The van der Waals surface area contributed by atoms with Gasteiger partial charge >= 0.3 is 0 Å². The van der Waals surface area contributed by atoms with Gasteiger partial charge in [0.1, 0.15) is 0 Å². The molecule has 7 heteroatoms. The summed E-state index contributed by atoms with van der Waals surface area (Å²) in [6, 6.07) is 11.8. The summed E-state index contributed by atoms with van der Waals surface area (Å²) < 4.78 is 3.67. The fourth-order valence-electron chi connectivity index (χ4n) is 3.59. The maximum absolute atomic E-state index is 13.3. The van der Waals surface area contributed by atoms with Crippen LogP contribution in [0.15, 0.2) is 42.6 Å². The predicted octanol–water partition coefficient (Wildman–Crippen LogP) is 4.59. The lowest BCUT2D eigenvalue weighted by Crippen LogP contribution is -2.14. The summed E-state index contributed by atoms with van der Waals surface area (Å²) in [6.45, 7) is 9.56. The zero-order chi connectivity index (χ0) is 21.3. The molecule has 1 aromatic carbocycles. The molecule has 0 aliphatic carbocycles. The molecule has 0 radical (unpaired) electrons. The average molecular weight is 403 g/mol. The number of rotatable bonds is 6. The van der Waals surface area contributed by atoms with E-state index in [9.17, 15) is 4.79 Å². The van der Waals surface area contributed by atoms with Crippen LogP contribution in [-0.4, -0.2) is 30.5 Å². The Morgan fingerprint density at radius 1 is 1.07 bits per heavy atom. The zero-order valence-electron chi connectivity index (χ0n) is 17.8. The lowest BCUT2D eigenvalue weighted by molar-refractivity contribution is 0.102. The van der Waals surface area contributed by atoms with Crippen molar-refractivity contribution in [3.05, 3.63) is 59.4 Å². The van der Waals surface area contributed by atoms with Crippen molar-refractivity contribution in [3.8, 4) is 11.3 Å². The van der Waals surface area contributed by atoms with Crippen molar-refractivity contribution in [2.24, 2.45) is 0 Å². The third kappa shape index (κ3) is 3.70. The van der Waals surface area contributed by atoms with Crippen molar-refractivity contribution in [2.75, 3.05) is 5.32 Å². The SMILES string of the molecule is CCCn1ccc(NC(=O)c2cc(-c3ccc(C)cc3)nc3c2c(C)nn3CC)n1. The third-order valence-electron chi connectivity index (χ3n) is 5.10. The quantitative estimate of drug-likeness (QED) is 0.511. The second-order valence-corrected chi connectivity index (χ2v) is 7.44. The first-order chi connectivity index (χ1) is 14.5. The molecule has 4 rings (SSSR count). The Bertz CT molecular complexity index is 1200. The molecule has 1 N–H and O–H groups in total. The molecule has 0 aliphatic heterocycles. The van der Waals surface area contributed by atoms with Crippen LogP contribution in [0.3, 0.4) is 0 Å². The Kier molecular flexibility index (Phi) is 5.35. The van der Waals surface area contributed by atoms with Gasteiger partial charge in [0.05, 0.1) is 22.3 Å². The maximum atomic E-state index is 13.3. The first kappa shape index (κ1) is 19.8. The second-order valence-electron chi connectivity index (χ2n) is 7.44. The summed E-state index contributed by atoms with van der Waals surface area (Å²) in [7, 11) is 0.